The van der Waals surface area contributed by atoms with Crippen molar-refractivity contribution in [2.24, 2.45) is 0 Å². The number of hydrogen-bond acceptors (Lipinski definition) is 2. The summed E-state index contributed by atoms with van der Waals surface area (Å²) in [6.45, 7) is 2.40. The number of carbonyl (C=O) groups excluding carboxylic acids is 2. The van der Waals surface area contributed by atoms with Crippen molar-refractivity contribution in [3.8, 4) is 0 Å². The van der Waals surface area contributed by atoms with Crippen molar-refractivity contribution in [2.75, 3.05) is 32.1 Å². The number of alkyl halides is 1. The van der Waals surface area contributed by atoms with Gasteiger partial charge >= 0.3 is 0 Å². The van der Waals surface area contributed by atoms with Crippen molar-refractivity contribution in [3.63, 3.8) is 0 Å². The molecule has 0 atom stereocenters. The Hall–Kier alpha value is -0.820. The molecule has 0 radical (unpaired) electrons. The molecule has 4 nitrogen and oxygen atoms in total. The third-order valence-electron chi connectivity index (χ3n) is 3.55. The van der Waals surface area contributed by atoms with Gasteiger partial charge in [-0.1, -0.05) is 12.1 Å². The van der Waals surface area contributed by atoms with Crippen molar-refractivity contribution >= 4 is 46.0 Å². The van der Waals surface area contributed by atoms with E-state index in [1.165, 1.54) is 0 Å². The third-order valence-corrected chi connectivity index (χ3v) is 4.76. The largest absolute Gasteiger partial charge is 0.339 e. The lowest BCUT2D eigenvalue weighted by atomic mass is 10.1. The number of piperazine rings is 1. The zero-order valence-corrected chi connectivity index (χ0v) is 14.6. The normalized spacial score (nSPS) is 15.1. The van der Waals surface area contributed by atoms with Crippen LogP contribution in [0.2, 0.25) is 0 Å². The minimum atomic E-state index is 0.0489. The third kappa shape index (κ3) is 4.32. The van der Waals surface area contributed by atoms with E-state index in [0.717, 1.165) is 9.13 Å². The molecule has 0 unspecified atom stereocenters. The summed E-state index contributed by atoms with van der Waals surface area (Å²) >= 11 is 7.78. The molecule has 114 valence electrons. The van der Waals surface area contributed by atoms with E-state index in [1.54, 1.807) is 0 Å². The molecule has 1 aromatic carbocycles. The lowest BCUT2D eigenvalue weighted by molar-refractivity contribution is -0.132. The fourth-order valence-electron chi connectivity index (χ4n) is 2.34. The molecule has 2 rings (SSSR count). The summed E-state index contributed by atoms with van der Waals surface area (Å²) in [6, 6.07) is 7.58. The van der Waals surface area contributed by atoms with E-state index >= 15 is 0 Å². The molecule has 6 heteroatoms. The molecule has 21 heavy (non-hydrogen) atoms. The van der Waals surface area contributed by atoms with Gasteiger partial charge in [-0.05, 0) is 41.1 Å². The van der Waals surface area contributed by atoms with Gasteiger partial charge in [0.05, 0.1) is 5.56 Å². The van der Waals surface area contributed by atoms with E-state index in [-0.39, 0.29) is 11.8 Å². The number of hydrogen-bond donors (Lipinski definition) is 0. The van der Waals surface area contributed by atoms with Gasteiger partial charge in [0.15, 0.2) is 0 Å². The highest BCUT2D eigenvalue weighted by atomic mass is 127. The zero-order chi connectivity index (χ0) is 15.2. The predicted molar refractivity (Wildman–Crippen MR) is 91.6 cm³/mol. The fourth-order valence-corrected chi connectivity index (χ4v) is 3.09. The minimum absolute atomic E-state index is 0.0489. The van der Waals surface area contributed by atoms with E-state index in [9.17, 15) is 9.59 Å². The van der Waals surface area contributed by atoms with E-state index in [4.69, 9.17) is 11.6 Å². The maximum Gasteiger partial charge on any atom is 0.255 e. The van der Waals surface area contributed by atoms with Crippen LogP contribution in [0.3, 0.4) is 0 Å². The van der Waals surface area contributed by atoms with Gasteiger partial charge in [-0.3, -0.25) is 9.59 Å². The van der Waals surface area contributed by atoms with Crippen molar-refractivity contribution in [1.29, 1.82) is 0 Å². The molecule has 1 fully saturated rings. The van der Waals surface area contributed by atoms with Crippen LogP contribution >= 0.6 is 34.2 Å². The topological polar surface area (TPSA) is 40.6 Å². The second-order valence-electron chi connectivity index (χ2n) is 4.95. The maximum absolute atomic E-state index is 12.5. The Bertz CT molecular complexity index is 516. The first kappa shape index (κ1) is 16.5. The van der Waals surface area contributed by atoms with Gasteiger partial charge in [-0.15, -0.1) is 11.6 Å². The molecule has 0 aromatic heterocycles. The molecule has 1 aromatic rings. The second-order valence-corrected chi connectivity index (χ2v) is 6.49. The number of amides is 2. The van der Waals surface area contributed by atoms with Crippen LogP contribution in [0.5, 0.6) is 0 Å². The Balaban J connectivity index is 1.91. The van der Waals surface area contributed by atoms with Crippen molar-refractivity contribution in [3.05, 3.63) is 33.4 Å². The maximum atomic E-state index is 12.5. The molecule has 1 saturated heterocycles. The first-order chi connectivity index (χ1) is 10.1. The molecule has 2 amide bonds. The smallest absolute Gasteiger partial charge is 0.255 e. The van der Waals surface area contributed by atoms with Gasteiger partial charge < -0.3 is 9.80 Å². The lowest BCUT2D eigenvalue weighted by Crippen LogP contribution is -2.50. The zero-order valence-electron chi connectivity index (χ0n) is 11.7. The molecule has 1 aliphatic heterocycles. The van der Waals surface area contributed by atoms with Crippen LogP contribution in [0.1, 0.15) is 23.2 Å². The Labute approximate surface area is 143 Å². The van der Waals surface area contributed by atoms with E-state index in [1.807, 2.05) is 34.1 Å². The van der Waals surface area contributed by atoms with Crippen LogP contribution in [-0.4, -0.2) is 53.7 Å². The summed E-state index contributed by atoms with van der Waals surface area (Å²) in [4.78, 5) is 28.0. The summed E-state index contributed by atoms with van der Waals surface area (Å²) in [7, 11) is 0. The van der Waals surface area contributed by atoms with Crippen LogP contribution in [0, 0.1) is 3.57 Å². The monoisotopic (exact) mass is 420 g/mol. The Morgan fingerprint density at radius 3 is 2.33 bits per heavy atom. The van der Waals surface area contributed by atoms with Crippen molar-refractivity contribution in [1.82, 2.24) is 9.80 Å². The summed E-state index contributed by atoms with van der Waals surface area (Å²) < 4.78 is 0.959. The van der Waals surface area contributed by atoms with Crippen molar-refractivity contribution in [2.45, 2.75) is 12.8 Å². The summed E-state index contributed by atoms with van der Waals surface area (Å²) in [6.07, 6.45) is 1.20. The van der Waals surface area contributed by atoms with Gasteiger partial charge in [-0.2, -0.15) is 0 Å². The lowest BCUT2D eigenvalue weighted by Gasteiger charge is -2.35. The SMILES string of the molecule is O=C(CCCCl)N1CCN(C(=O)c2ccccc2I)CC1. The Morgan fingerprint density at radius 1 is 1.10 bits per heavy atom. The highest BCUT2D eigenvalue weighted by Crippen LogP contribution is 2.15. The van der Waals surface area contributed by atoms with Gasteiger partial charge in [0, 0.05) is 42.1 Å². The standard InChI is InChI=1S/C15H18ClIN2O2/c16-7-3-6-14(20)18-8-10-19(11-9-18)15(21)12-4-1-2-5-13(12)17/h1-2,4-5H,3,6-11H2. The number of halogens is 2. The number of nitrogens with zero attached hydrogens (tertiary/aromatic N) is 2. The van der Waals surface area contributed by atoms with Crippen LogP contribution in [-0.2, 0) is 4.79 Å². The summed E-state index contributed by atoms with van der Waals surface area (Å²) in [5.41, 5.74) is 0.736. The van der Waals surface area contributed by atoms with Crippen molar-refractivity contribution < 1.29 is 9.59 Å². The first-order valence-corrected chi connectivity index (χ1v) is 8.62. The summed E-state index contributed by atoms with van der Waals surface area (Å²) in [5.74, 6) is 0.696. The Morgan fingerprint density at radius 2 is 1.71 bits per heavy atom. The molecule has 0 bridgehead atoms. The highest BCUT2D eigenvalue weighted by Gasteiger charge is 2.25. The van der Waals surface area contributed by atoms with Gasteiger partial charge in [-0.25, -0.2) is 0 Å². The quantitative estimate of drug-likeness (QED) is 0.555. The summed E-state index contributed by atoms with van der Waals surface area (Å²) in [5, 5.41) is 0. The molecule has 0 saturated carbocycles. The molecular weight excluding hydrogens is 403 g/mol. The van der Waals surface area contributed by atoms with E-state index in [2.05, 4.69) is 22.6 Å². The molecule has 0 N–H and O–H groups in total. The van der Waals surface area contributed by atoms with Crippen LogP contribution in [0.15, 0.2) is 24.3 Å². The van der Waals surface area contributed by atoms with E-state index in [0.29, 0.717) is 44.9 Å². The van der Waals surface area contributed by atoms with Gasteiger partial charge in [0.25, 0.3) is 5.91 Å². The van der Waals surface area contributed by atoms with Gasteiger partial charge in [0.2, 0.25) is 5.91 Å². The molecule has 1 aliphatic rings. The fraction of sp³-hybridized carbons (Fsp3) is 0.467. The average molecular weight is 421 g/mol. The number of rotatable bonds is 4. The molecule has 0 aliphatic carbocycles. The molecule has 1 heterocycles. The highest BCUT2D eigenvalue weighted by molar-refractivity contribution is 14.1. The second kappa shape index (κ2) is 7.98. The van der Waals surface area contributed by atoms with Crippen LogP contribution < -0.4 is 0 Å². The van der Waals surface area contributed by atoms with E-state index < -0.39 is 0 Å². The average Bonchev–Trinajstić information content (AvgIpc) is 2.52. The van der Waals surface area contributed by atoms with Gasteiger partial charge in [0.1, 0.15) is 0 Å². The van der Waals surface area contributed by atoms with Crippen LogP contribution in [0.25, 0.3) is 0 Å². The molecular formula is C15H18ClIN2O2. The predicted octanol–water partition coefficient (Wildman–Crippen LogP) is 2.59. The Kier molecular flexibility index (Phi) is 6.29. The van der Waals surface area contributed by atoms with Crippen LogP contribution in [0.4, 0.5) is 0 Å². The molecule has 0 spiro atoms. The minimum Gasteiger partial charge on any atom is -0.339 e. The number of carbonyl (C=O) groups is 2. The first-order valence-electron chi connectivity index (χ1n) is 7.01. The number of benzene rings is 1.